The first-order valence-corrected chi connectivity index (χ1v) is 11.9. The van der Waals surface area contributed by atoms with Crippen LogP contribution in [0.3, 0.4) is 0 Å². The van der Waals surface area contributed by atoms with E-state index in [4.69, 9.17) is 4.74 Å². The number of piperidine rings is 1. The molecule has 0 atom stereocenters. The van der Waals surface area contributed by atoms with Crippen LogP contribution in [0.15, 0.2) is 59.5 Å². The van der Waals surface area contributed by atoms with Gasteiger partial charge in [0.2, 0.25) is 10.0 Å². The minimum atomic E-state index is -3.49. The molecular formula is C23H32N2O3S. The number of benzene rings is 2. The Morgan fingerprint density at radius 3 is 2.31 bits per heavy atom. The van der Waals surface area contributed by atoms with Gasteiger partial charge in [-0.25, -0.2) is 13.1 Å². The third-order valence-corrected chi connectivity index (χ3v) is 6.68. The highest BCUT2D eigenvalue weighted by molar-refractivity contribution is 7.89. The second-order valence-corrected chi connectivity index (χ2v) is 10.0. The zero-order valence-corrected chi connectivity index (χ0v) is 18.2. The van der Waals surface area contributed by atoms with Gasteiger partial charge in [0.25, 0.3) is 0 Å². The highest BCUT2D eigenvalue weighted by atomic mass is 32.2. The van der Waals surface area contributed by atoms with Crippen molar-refractivity contribution in [1.29, 1.82) is 0 Å². The molecule has 2 aromatic rings. The molecule has 2 aromatic carbocycles. The van der Waals surface area contributed by atoms with Crippen molar-refractivity contribution in [3.8, 4) is 5.75 Å². The van der Waals surface area contributed by atoms with Gasteiger partial charge in [-0.05, 0) is 67.6 Å². The lowest BCUT2D eigenvalue weighted by Crippen LogP contribution is -2.38. The van der Waals surface area contributed by atoms with Crippen LogP contribution in [0.25, 0.3) is 0 Å². The summed E-state index contributed by atoms with van der Waals surface area (Å²) in [5.41, 5.74) is 1.33. The molecule has 6 heteroatoms. The highest BCUT2D eigenvalue weighted by Crippen LogP contribution is 2.20. The lowest BCUT2D eigenvalue weighted by molar-refractivity contribution is 0.178. The highest BCUT2D eigenvalue weighted by Gasteiger charge is 2.22. The third-order valence-electron chi connectivity index (χ3n) is 5.24. The molecular weight excluding hydrogens is 384 g/mol. The molecule has 0 saturated carbocycles. The van der Waals surface area contributed by atoms with E-state index in [0.29, 0.717) is 30.7 Å². The maximum atomic E-state index is 12.6. The Bertz CT molecular complexity index is 843. The predicted molar refractivity (Wildman–Crippen MR) is 116 cm³/mol. The van der Waals surface area contributed by atoms with Crippen LogP contribution in [-0.2, 0) is 16.6 Å². The van der Waals surface area contributed by atoms with Gasteiger partial charge < -0.3 is 4.74 Å². The molecule has 0 radical (unpaired) electrons. The van der Waals surface area contributed by atoms with Gasteiger partial charge in [0, 0.05) is 13.1 Å². The average molecular weight is 417 g/mol. The van der Waals surface area contributed by atoms with Crippen LogP contribution in [0.1, 0.15) is 32.3 Å². The molecule has 1 heterocycles. The Labute approximate surface area is 175 Å². The Morgan fingerprint density at radius 2 is 1.69 bits per heavy atom. The van der Waals surface area contributed by atoms with Crippen molar-refractivity contribution in [3.05, 3.63) is 60.2 Å². The monoisotopic (exact) mass is 416 g/mol. The van der Waals surface area contributed by atoms with Crippen molar-refractivity contribution in [2.24, 2.45) is 11.8 Å². The van der Waals surface area contributed by atoms with Crippen molar-refractivity contribution in [2.45, 2.75) is 38.1 Å². The first-order valence-electron chi connectivity index (χ1n) is 10.4. The fraction of sp³-hybridized carbons (Fsp3) is 0.478. The van der Waals surface area contributed by atoms with Gasteiger partial charge >= 0.3 is 0 Å². The predicted octanol–water partition coefficient (Wildman–Crippen LogP) is 3.91. The van der Waals surface area contributed by atoms with Crippen LogP contribution in [-0.4, -0.2) is 39.6 Å². The molecule has 0 bridgehead atoms. The van der Waals surface area contributed by atoms with Crippen molar-refractivity contribution >= 4 is 10.0 Å². The normalized spacial score (nSPS) is 16.2. The van der Waals surface area contributed by atoms with Crippen LogP contribution < -0.4 is 9.46 Å². The summed E-state index contributed by atoms with van der Waals surface area (Å²) in [6, 6.07) is 17.1. The fourth-order valence-electron chi connectivity index (χ4n) is 3.48. The zero-order valence-electron chi connectivity index (χ0n) is 17.4. The van der Waals surface area contributed by atoms with E-state index >= 15 is 0 Å². The van der Waals surface area contributed by atoms with E-state index in [2.05, 4.69) is 47.7 Å². The molecule has 0 amide bonds. The molecule has 1 fully saturated rings. The van der Waals surface area contributed by atoms with Gasteiger partial charge in [-0.3, -0.25) is 4.90 Å². The number of nitrogens with zero attached hydrogens (tertiary/aromatic N) is 1. The van der Waals surface area contributed by atoms with Crippen LogP contribution >= 0.6 is 0 Å². The van der Waals surface area contributed by atoms with Gasteiger partial charge in [-0.2, -0.15) is 0 Å². The smallest absolute Gasteiger partial charge is 0.240 e. The second-order valence-electron chi connectivity index (χ2n) is 8.23. The van der Waals surface area contributed by atoms with Crippen LogP contribution in [0.2, 0.25) is 0 Å². The van der Waals surface area contributed by atoms with Gasteiger partial charge in [-0.1, -0.05) is 44.2 Å². The quantitative estimate of drug-likeness (QED) is 0.673. The summed E-state index contributed by atoms with van der Waals surface area (Å²) in [6.07, 6.45) is 2.02. The third kappa shape index (κ3) is 6.84. The topological polar surface area (TPSA) is 58.6 Å². The van der Waals surface area contributed by atoms with E-state index in [9.17, 15) is 8.42 Å². The molecule has 158 valence electrons. The van der Waals surface area contributed by atoms with E-state index in [0.717, 1.165) is 32.5 Å². The summed E-state index contributed by atoms with van der Waals surface area (Å²) in [4.78, 5) is 2.73. The number of hydrogen-bond donors (Lipinski definition) is 1. The van der Waals surface area contributed by atoms with Gasteiger partial charge in [0.1, 0.15) is 5.75 Å². The van der Waals surface area contributed by atoms with Gasteiger partial charge in [-0.15, -0.1) is 0 Å². The van der Waals surface area contributed by atoms with Crippen LogP contribution in [0, 0.1) is 11.8 Å². The standard InChI is InChI=1S/C23H32N2O3S/c1-19(2)18-28-22-8-10-23(11-9-22)29(26,27)24-16-20-12-14-25(15-13-20)17-21-6-4-3-5-7-21/h3-11,19-20,24H,12-18H2,1-2H3. The van der Waals surface area contributed by atoms with E-state index in [-0.39, 0.29) is 4.90 Å². The summed E-state index contributed by atoms with van der Waals surface area (Å²) in [5.74, 6) is 1.51. The van der Waals surface area contributed by atoms with Crippen molar-refractivity contribution in [1.82, 2.24) is 9.62 Å². The number of nitrogens with one attached hydrogen (secondary N) is 1. The van der Waals surface area contributed by atoms with Crippen LogP contribution in [0.5, 0.6) is 5.75 Å². The van der Waals surface area contributed by atoms with Crippen molar-refractivity contribution < 1.29 is 13.2 Å². The first-order chi connectivity index (χ1) is 13.9. The molecule has 1 saturated heterocycles. The van der Waals surface area contributed by atoms with E-state index in [1.807, 2.05) is 6.07 Å². The molecule has 0 aliphatic carbocycles. The molecule has 5 nitrogen and oxygen atoms in total. The maximum Gasteiger partial charge on any atom is 0.240 e. The Hall–Kier alpha value is -1.89. The van der Waals surface area contributed by atoms with Gasteiger partial charge in [0.15, 0.2) is 0 Å². The number of hydrogen-bond acceptors (Lipinski definition) is 4. The Kier molecular flexibility index (Phi) is 7.70. The summed E-state index contributed by atoms with van der Waals surface area (Å²) in [5, 5.41) is 0. The number of likely N-dealkylation sites (tertiary alicyclic amines) is 1. The lowest BCUT2D eigenvalue weighted by atomic mass is 9.97. The number of sulfonamides is 1. The largest absolute Gasteiger partial charge is 0.493 e. The summed E-state index contributed by atoms with van der Waals surface area (Å²) >= 11 is 0. The molecule has 0 spiro atoms. The molecule has 29 heavy (non-hydrogen) atoms. The van der Waals surface area contributed by atoms with Gasteiger partial charge in [0.05, 0.1) is 11.5 Å². The summed E-state index contributed by atoms with van der Waals surface area (Å²) in [6.45, 7) is 8.24. The van der Waals surface area contributed by atoms with E-state index < -0.39 is 10.0 Å². The van der Waals surface area contributed by atoms with Crippen molar-refractivity contribution in [2.75, 3.05) is 26.2 Å². The molecule has 1 N–H and O–H groups in total. The fourth-order valence-corrected chi connectivity index (χ4v) is 4.60. The SMILES string of the molecule is CC(C)COc1ccc(S(=O)(=O)NCC2CCN(Cc3ccccc3)CC2)cc1. The molecule has 1 aliphatic rings. The Balaban J connectivity index is 1.44. The minimum absolute atomic E-state index is 0.288. The summed E-state index contributed by atoms with van der Waals surface area (Å²) < 4.78 is 33.6. The molecule has 1 aliphatic heterocycles. The second kappa shape index (κ2) is 10.2. The maximum absolute atomic E-state index is 12.6. The minimum Gasteiger partial charge on any atom is -0.493 e. The Morgan fingerprint density at radius 1 is 1.03 bits per heavy atom. The van der Waals surface area contributed by atoms with E-state index in [1.54, 1.807) is 24.3 Å². The lowest BCUT2D eigenvalue weighted by Gasteiger charge is -2.32. The molecule has 3 rings (SSSR count). The summed E-state index contributed by atoms with van der Waals surface area (Å²) in [7, 11) is -3.49. The van der Waals surface area contributed by atoms with Crippen LogP contribution in [0.4, 0.5) is 0 Å². The first kappa shape index (κ1) is 21.8. The van der Waals surface area contributed by atoms with E-state index in [1.165, 1.54) is 5.56 Å². The number of ether oxygens (including phenoxy) is 1. The molecule has 0 unspecified atom stereocenters. The zero-order chi connectivity index (χ0) is 20.7. The molecule has 0 aromatic heterocycles. The number of rotatable bonds is 9. The average Bonchev–Trinajstić information content (AvgIpc) is 2.73. The van der Waals surface area contributed by atoms with Crippen molar-refractivity contribution in [3.63, 3.8) is 0 Å².